The fourth-order valence-electron chi connectivity index (χ4n) is 1.72. The van der Waals surface area contributed by atoms with Crippen LogP contribution in [0.15, 0.2) is 48.5 Å². The Morgan fingerprint density at radius 3 is 2.04 bits per heavy atom. The number of esters is 1. The Kier molecular flexibility index (Phi) is 4.93. The van der Waals surface area contributed by atoms with Crippen molar-refractivity contribution in [1.29, 1.82) is 0 Å². The predicted molar refractivity (Wildman–Crippen MR) is 77.2 cm³/mol. The Labute approximate surface area is 130 Å². The first-order chi connectivity index (χ1) is 11.0. The number of para-hydroxylation sites is 2. The summed E-state index contributed by atoms with van der Waals surface area (Å²) >= 11 is 0. The fourth-order valence-corrected chi connectivity index (χ4v) is 1.72. The van der Waals surface area contributed by atoms with Crippen LogP contribution in [0.2, 0.25) is 0 Å². The lowest BCUT2D eigenvalue weighted by Crippen LogP contribution is -2.13. The Bertz CT molecular complexity index is 752. The molecule has 0 aliphatic rings. The van der Waals surface area contributed by atoms with E-state index in [1.807, 2.05) is 0 Å². The van der Waals surface area contributed by atoms with Crippen LogP contribution in [0.4, 0.5) is 0 Å². The Morgan fingerprint density at radius 1 is 0.870 bits per heavy atom. The molecule has 0 heterocycles. The average molecular weight is 316 g/mol. The van der Waals surface area contributed by atoms with Gasteiger partial charge in [0.1, 0.15) is 16.9 Å². The third kappa shape index (κ3) is 4.07. The van der Waals surface area contributed by atoms with E-state index in [1.54, 1.807) is 12.1 Å². The standard InChI is InChI=1S/C16H12O7/c1-10(17)21-13-8-4-3-7-12(13)16(20)23-22-14-9-5-2-6-11(14)15(18)19/h2-9H,1H3,(H,18,19). The molecule has 0 saturated heterocycles. The molecule has 0 aliphatic carbocycles. The molecule has 2 rings (SSSR count). The van der Waals surface area contributed by atoms with Gasteiger partial charge in [0.05, 0.1) is 0 Å². The van der Waals surface area contributed by atoms with E-state index >= 15 is 0 Å². The highest BCUT2D eigenvalue weighted by molar-refractivity contribution is 5.93. The molecule has 7 nitrogen and oxygen atoms in total. The zero-order valence-electron chi connectivity index (χ0n) is 12.0. The molecule has 0 unspecified atom stereocenters. The second-order valence-corrected chi connectivity index (χ2v) is 4.35. The predicted octanol–water partition coefficient (Wildman–Crippen LogP) is 2.46. The second-order valence-electron chi connectivity index (χ2n) is 4.35. The largest absolute Gasteiger partial charge is 0.478 e. The van der Waals surface area contributed by atoms with Gasteiger partial charge in [-0.1, -0.05) is 24.3 Å². The van der Waals surface area contributed by atoms with Crippen LogP contribution in [0.25, 0.3) is 0 Å². The van der Waals surface area contributed by atoms with Crippen molar-refractivity contribution in [1.82, 2.24) is 0 Å². The van der Waals surface area contributed by atoms with Gasteiger partial charge in [0, 0.05) is 6.92 Å². The molecule has 0 saturated carbocycles. The van der Waals surface area contributed by atoms with E-state index in [0.717, 1.165) is 0 Å². The van der Waals surface area contributed by atoms with Crippen LogP contribution in [-0.4, -0.2) is 23.0 Å². The van der Waals surface area contributed by atoms with Crippen LogP contribution < -0.4 is 9.62 Å². The summed E-state index contributed by atoms with van der Waals surface area (Å²) in [5, 5.41) is 9.01. The van der Waals surface area contributed by atoms with Gasteiger partial charge >= 0.3 is 17.9 Å². The van der Waals surface area contributed by atoms with Crippen LogP contribution >= 0.6 is 0 Å². The monoisotopic (exact) mass is 316 g/mol. The highest BCUT2D eigenvalue weighted by Gasteiger charge is 2.18. The minimum atomic E-state index is -1.23. The summed E-state index contributed by atoms with van der Waals surface area (Å²) in [7, 11) is 0. The lowest BCUT2D eigenvalue weighted by atomic mass is 10.2. The minimum Gasteiger partial charge on any atom is -0.478 e. The van der Waals surface area contributed by atoms with E-state index in [2.05, 4.69) is 4.89 Å². The van der Waals surface area contributed by atoms with Crippen molar-refractivity contribution >= 4 is 17.9 Å². The van der Waals surface area contributed by atoms with Gasteiger partial charge in [0.2, 0.25) is 0 Å². The van der Waals surface area contributed by atoms with Gasteiger partial charge in [-0.25, -0.2) is 14.5 Å². The zero-order valence-corrected chi connectivity index (χ0v) is 12.0. The normalized spacial score (nSPS) is 9.78. The molecule has 2 aromatic carbocycles. The Balaban J connectivity index is 2.15. The summed E-state index contributed by atoms with van der Waals surface area (Å²) in [6.45, 7) is 1.20. The van der Waals surface area contributed by atoms with Crippen LogP contribution in [-0.2, 0) is 9.68 Å². The molecular formula is C16H12O7. The van der Waals surface area contributed by atoms with Crippen LogP contribution in [0.5, 0.6) is 11.5 Å². The number of aromatic carboxylic acids is 1. The van der Waals surface area contributed by atoms with Crippen LogP contribution in [0.1, 0.15) is 27.6 Å². The molecule has 0 aliphatic heterocycles. The second kappa shape index (κ2) is 7.08. The lowest BCUT2D eigenvalue weighted by Gasteiger charge is -2.09. The number of hydrogen-bond acceptors (Lipinski definition) is 6. The maximum absolute atomic E-state index is 12.0. The summed E-state index contributed by atoms with van der Waals surface area (Å²) in [5.74, 6) is -2.86. The molecule has 0 radical (unpaired) electrons. The number of rotatable bonds is 5. The highest BCUT2D eigenvalue weighted by atomic mass is 17.2. The molecule has 0 spiro atoms. The zero-order chi connectivity index (χ0) is 16.8. The van der Waals surface area contributed by atoms with E-state index in [-0.39, 0.29) is 22.6 Å². The van der Waals surface area contributed by atoms with Crippen LogP contribution in [0, 0.1) is 0 Å². The van der Waals surface area contributed by atoms with Crippen LogP contribution in [0.3, 0.4) is 0 Å². The Hall–Kier alpha value is -3.35. The minimum absolute atomic E-state index is 0.0140. The molecule has 0 atom stereocenters. The smallest absolute Gasteiger partial charge is 0.389 e. The van der Waals surface area contributed by atoms with E-state index in [4.69, 9.17) is 14.7 Å². The molecule has 0 fully saturated rings. The third-order valence-corrected chi connectivity index (χ3v) is 2.69. The highest BCUT2D eigenvalue weighted by Crippen LogP contribution is 2.22. The first kappa shape index (κ1) is 16.0. The number of carbonyl (C=O) groups is 3. The van der Waals surface area contributed by atoms with Gasteiger partial charge in [-0.15, -0.1) is 0 Å². The lowest BCUT2D eigenvalue weighted by molar-refractivity contribution is -0.150. The SMILES string of the molecule is CC(=O)Oc1ccccc1C(=O)OOc1ccccc1C(=O)O. The van der Waals surface area contributed by atoms with E-state index < -0.39 is 17.9 Å². The maximum Gasteiger partial charge on any atom is 0.389 e. The van der Waals surface area contributed by atoms with Crippen molar-refractivity contribution in [3.05, 3.63) is 59.7 Å². The van der Waals surface area contributed by atoms with Crippen molar-refractivity contribution in [2.75, 3.05) is 0 Å². The van der Waals surface area contributed by atoms with Gasteiger partial charge in [-0.05, 0) is 24.3 Å². The first-order valence-corrected chi connectivity index (χ1v) is 6.47. The summed E-state index contributed by atoms with van der Waals surface area (Å²) in [6, 6.07) is 11.6. The van der Waals surface area contributed by atoms with E-state index in [0.29, 0.717) is 0 Å². The number of carbonyl (C=O) groups excluding carboxylic acids is 2. The number of hydrogen-bond donors (Lipinski definition) is 1. The summed E-state index contributed by atoms with van der Waals surface area (Å²) in [5.41, 5.74) is -0.191. The maximum atomic E-state index is 12.0. The number of carboxylic acid groups (broad SMARTS) is 1. The summed E-state index contributed by atoms with van der Waals surface area (Å²) in [4.78, 5) is 43.5. The number of carboxylic acids is 1. The molecule has 0 amide bonds. The molecule has 0 aromatic heterocycles. The van der Waals surface area contributed by atoms with Gasteiger partial charge in [0.15, 0.2) is 5.75 Å². The average Bonchev–Trinajstić information content (AvgIpc) is 2.52. The van der Waals surface area contributed by atoms with Gasteiger partial charge < -0.3 is 9.84 Å². The van der Waals surface area contributed by atoms with E-state index in [1.165, 1.54) is 43.3 Å². The van der Waals surface area contributed by atoms with E-state index in [9.17, 15) is 14.4 Å². The van der Waals surface area contributed by atoms with Crippen molar-refractivity contribution in [3.63, 3.8) is 0 Å². The molecule has 7 heteroatoms. The molecule has 2 aromatic rings. The third-order valence-electron chi connectivity index (χ3n) is 2.69. The Morgan fingerprint density at radius 2 is 1.43 bits per heavy atom. The number of ether oxygens (including phenoxy) is 1. The van der Waals surface area contributed by atoms with Gasteiger partial charge in [0.25, 0.3) is 0 Å². The summed E-state index contributed by atoms with van der Waals surface area (Å²) < 4.78 is 4.89. The molecular weight excluding hydrogens is 304 g/mol. The molecule has 118 valence electrons. The van der Waals surface area contributed by atoms with Crippen molar-refractivity contribution in [2.24, 2.45) is 0 Å². The molecule has 0 bridgehead atoms. The van der Waals surface area contributed by atoms with Gasteiger partial charge in [-0.3, -0.25) is 9.68 Å². The van der Waals surface area contributed by atoms with Crippen molar-refractivity contribution in [3.8, 4) is 11.5 Å². The van der Waals surface area contributed by atoms with Crippen molar-refractivity contribution in [2.45, 2.75) is 6.92 Å². The molecule has 23 heavy (non-hydrogen) atoms. The van der Waals surface area contributed by atoms with Gasteiger partial charge in [-0.2, -0.15) is 0 Å². The topological polar surface area (TPSA) is 99.1 Å². The summed E-state index contributed by atoms with van der Waals surface area (Å²) in [6.07, 6.45) is 0. The first-order valence-electron chi connectivity index (χ1n) is 6.47. The van der Waals surface area contributed by atoms with Crippen molar-refractivity contribution < 1.29 is 34.0 Å². The fraction of sp³-hybridized carbons (Fsp3) is 0.0625. The molecule has 1 N–H and O–H groups in total. The number of benzene rings is 2. The quantitative estimate of drug-likeness (QED) is 0.391.